The zero-order chi connectivity index (χ0) is 14.4. The van der Waals surface area contributed by atoms with Crippen molar-refractivity contribution in [3.05, 3.63) is 18.0 Å². The zero-order valence-corrected chi connectivity index (χ0v) is 12.8. The van der Waals surface area contributed by atoms with E-state index in [4.69, 9.17) is 9.47 Å². The van der Waals surface area contributed by atoms with Crippen LogP contribution in [0, 0.1) is 0 Å². The van der Waals surface area contributed by atoms with Crippen molar-refractivity contribution in [2.45, 2.75) is 58.4 Å². The third-order valence-corrected chi connectivity index (χ3v) is 3.82. The van der Waals surface area contributed by atoms with Crippen molar-refractivity contribution in [3.8, 4) is 0 Å². The Morgan fingerprint density at radius 3 is 2.80 bits per heavy atom. The highest BCUT2D eigenvalue weighted by Crippen LogP contribution is 2.15. The number of likely N-dealkylation sites (N-methyl/N-ethyl adjacent to an activating group) is 1. The Labute approximate surface area is 121 Å². The van der Waals surface area contributed by atoms with Crippen LogP contribution in [-0.4, -0.2) is 41.9 Å². The molecule has 114 valence electrons. The SMILES string of the molecule is CCNC(Cc1ccn(C(C)CC)n1)CC1OCCO1. The molecule has 2 atom stereocenters. The van der Waals surface area contributed by atoms with Gasteiger partial charge in [-0.3, -0.25) is 4.68 Å². The second-order valence-corrected chi connectivity index (χ2v) is 5.41. The van der Waals surface area contributed by atoms with Gasteiger partial charge in [-0.05, 0) is 26.0 Å². The summed E-state index contributed by atoms with van der Waals surface area (Å²) in [4.78, 5) is 0. The Balaban J connectivity index is 1.90. The molecule has 1 N–H and O–H groups in total. The minimum Gasteiger partial charge on any atom is -0.350 e. The highest BCUT2D eigenvalue weighted by molar-refractivity contribution is 5.02. The highest BCUT2D eigenvalue weighted by Gasteiger charge is 2.22. The van der Waals surface area contributed by atoms with E-state index in [1.54, 1.807) is 0 Å². The number of hydrogen-bond acceptors (Lipinski definition) is 4. The zero-order valence-electron chi connectivity index (χ0n) is 12.8. The number of aromatic nitrogens is 2. The smallest absolute Gasteiger partial charge is 0.159 e. The Bertz CT molecular complexity index is 388. The number of nitrogens with zero attached hydrogens (tertiary/aromatic N) is 2. The predicted octanol–water partition coefficient (Wildman–Crippen LogP) is 2.14. The van der Waals surface area contributed by atoms with Crippen molar-refractivity contribution in [1.82, 2.24) is 15.1 Å². The van der Waals surface area contributed by atoms with E-state index in [0.29, 0.717) is 25.3 Å². The van der Waals surface area contributed by atoms with Crippen molar-refractivity contribution < 1.29 is 9.47 Å². The van der Waals surface area contributed by atoms with Crippen LogP contribution < -0.4 is 5.32 Å². The van der Waals surface area contributed by atoms with E-state index in [-0.39, 0.29) is 6.29 Å². The molecule has 5 nitrogen and oxygen atoms in total. The lowest BCUT2D eigenvalue weighted by molar-refractivity contribution is -0.0526. The Hall–Kier alpha value is -0.910. The first-order valence-electron chi connectivity index (χ1n) is 7.73. The molecule has 1 saturated heterocycles. The summed E-state index contributed by atoms with van der Waals surface area (Å²) in [7, 11) is 0. The summed E-state index contributed by atoms with van der Waals surface area (Å²) in [5.41, 5.74) is 1.13. The van der Waals surface area contributed by atoms with Crippen molar-refractivity contribution >= 4 is 0 Å². The fourth-order valence-electron chi connectivity index (χ4n) is 2.47. The van der Waals surface area contributed by atoms with E-state index in [2.05, 4.69) is 48.1 Å². The Morgan fingerprint density at radius 1 is 1.40 bits per heavy atom. The van der Waals surface area contributed by atoms with Crippen LogP contribution in [0.4, 0.5) is 0 Å². The summed E-state index contributed by atoms with van der Waals surface area (Å²) in [6.45, 7) is 8.88. The normalized spacial score (nSPS) is 19.4. The first kappa shape index (κ1) is 15.5. The van der Waals surface area contributed by atoms with Crippen LogP contribution in [0.2, 0.25) is 0 Å². The number of ether oxygens (including phenoxy) is 2. The fraction of sp³-hybridized carbons (Fsp3) is 0.800. The van der Waals surface area contributed by atoms with Crippen LogP contribution in [0.25, 0.3) is 0 Å². The second-order valence-electron chi connectivity index (χ2n) is 5.41. The molecule has 1 aliphatic rings. The number of rotatable bonds is 8. The monoisotopic (exact) mass is 281 g/mol. The van der Waals surface area contributed by atoms with Gasteiger partial charge in [-0.25, -0.2) is 0 Å². The number of nitrogens with one attached hydrogen (secondary N) is 1. The second kappa shape index (κ2) is 7.76. The van der Waals surface area contributed by atoms with E-state index in [0.717, 1.165) is 31.5 Å². The van der Waals surface area contributed by atoms with Crippen LogP contribution >= 0.6 is 0 Å². The average Bonchev–Trinajstić information content (AvgIpc) is 3.10. The van der Waals surface area contributed by atoms with Gasteiger partial charge >= 0.3 is 0 Å². The molecule has 0 radical (unpaired) electrons. The van der Waals surface area contributed by atoms with E-state index < -0.39 is 0 Å². The summed E-state index contributed by atoms with van der Waals surface area (Å²) in [6, 6.07) is 2.93. The summed E-state index contributed by atoms with van der Waals surface area (Å²) in [6.07, 6.45) is 4.91. The third-order valence-electron chi connectivity index (χ3n) is 3.82. The van der Waals surface area contributed by atoms with Crippen LogP contribution in [0.15, 0.2) is 12.3 Å². The van der Waals surface area contributed by atoms with Crippen molar-refractivity contribution in [3.63, 3.8) is 0 Å². The molecule has 2 rings (SSSR count). The minimum atomic E-state index is -0.0595. The standard InChI is InChI=1S/C15H27N3O2/c1-4-12(3)18-7-6-13(17-18)10-14(16-5-2)11-15-19-8-9-20-15/h6-7,12,14-16H,4-5,8-11H2,1-3H3. The lowest BCUT2D eigenvalue weighted by atomic mass is 10.1. The van der Waals surface area contributed by atoms with E-state index in [9.17, 15) is 0 Å². The molecule has 2 heterocycles. The molecule has 1 aliphatic heterocycles. The Morgan fingerprint density at radius 2 is 2.15 bits per heavy atom. The maximum Gasteiger partial charge on any atom is 0.159 e. The van der Waals surface area contributed by atoms with E-state index >= 15 is 0 Å². The van der Waals surface area contributed by atoms with Crippen LogP contribution in [0.5, 0.6) is 0 Å². The van der Waals surface area contributed by atoms with Crippen molar-refractivity contribution in [2.75, 3.05) is 19.8 Å². The van der Waals surface area contributed by atoms with Gasteiger partial charge in [-0.2, -0.15) is 5.10 Å². The molecule has 0 bridgehead atoms. The molecule has 0 saturated carbocycles. The Kier molecular flexibility index (Phi) is 6.01. The number of hydrogen-bond donors (Lipinski definition) is 1. The molecule has 2 unspecified atom stereocenters. The molecule has 0 amide bonds. The van der Waals surface area contributed by atoms with Crippen LogP contribution in [0.1, 0.15) is 45.3 Å². The molecular weight excluding hydrogens is 254 g/mol. The first-order chi connectivity index (χ1) is 9.72. The summed E-state index contributed by atoms with van der Waals surface area (Å²) in [5.74, 6) is 0. The van der Waals surface area contributed by atoms with E-state index in [1.807, 2.05) is 0 Å². The molecule has 1 aromatic heterocycles. The van der Waals surface area contributed by atoms with Gasteiger partial charge in [0.2, 0.25) is 0 Å². The lowest BCUT2D eigenvalue weighted by Crippen LogP contribution is -2.35. The fourth-order valence-corrected chi connectivity index (χ4v) is 2.47. The maximum absolute atomic E-state index is 5.54. The van der Waals surface area contributed by atoms with Gasteiger partial charge in [0.25, 0.3) is 0 Å². The first-order valence-corrected chi connectivity index (χ1v) is 7.73. The lowest BCUT2D eigenvalue weighted by Gasteiger charge is -2.20. The van der Waals surface area contributed by atoms with Gasteiger partial charge in [0, 0.05) is 31.1 Å². The topological polar surface area (TPSA) is 48.3 Å². The predicted molar refractivity (Wildman–Crippen MR) is 78.7 cm³/mol. The van der Waals surface area contributed by atoms with Crippen LogP contribution in [0.3, 0.4) is 0 Å². The molecule has 0 spiro atoms. The molecule has 20 heavy (non-hydrogen) atoms. The highest BCUT2D eigenvalue weighted by atomic mass is 16.7. The van der Waals surface area contributed by atoms with Crippen molar-refractivity contribution in [1.29, 1.82) is 0 Å². The van der Waals surface area contributed by atoms with Gasteiger partial charge in [-0.1, -0.05) is 13.8 Å². The van der Waals surface area contributed by atoms with Gasteiger partial charge in [0.15, 0.2) is 6.29 Å². The summed E-state index contributed by atoms with van der Waals surface area (Å²) >= 11 is 0. The van der Waals surface area contributed by atoms with Gasteiger partial charge in [0.05, 0.1) is 18.9 Å². The van der Waals surface area contributed by atoms with Gasteiger partial charge in [0.1, 0.15) is 0 Å². The van der Waals surface area contributed by atoms with Gasteiger partial charge in [-0.15, -0.1) is 0 Å². The average molecular weight is 281 g/mol. The van der Waals surface area contributed by atoms with Crippen LogP contribution in [-0.2, 0) is 15.9 Å². The summed E-state index contributed by atoms with van der Waals surface area (Å²) < 4.78 is 13.1. The molecular formula is C15H27N3O2. The molecule has 1 aromatic rings. The van der Waals surface area contributed by atoms with E-state index in [1.165, 1.54) is 0 Å². The summed E-state index contributed by atoms with van der Waals surface area (Å²) in [5, 5.41) is 8.17. The maximum atomic E-state index is 5.54. The van der Waals surface area contributed by atoms with Gasteiger partial charge < -0.3 is 14.8 Å². The minimum absolute atomic E-state index is 0.0595. The largest absolute Gasteiger partial charge is 0.350 e. The molecule has 5 heteroatoms. The molecule has 1 fully saturated rings. The third kappa shape index (κ3) is 4.30. The molecule has 0 aromatic carbocycles. The molecule has 0 aliphatic carbocycles. The quantitative estimate of drug-likeness (QED) is 0.793. The van der Waals surface area contributed by atoms with Crippen molar-refractivity contribution in [2.24, 2.45) is 0 Å².